The molecule has 0 aliphatic heterocycles. The Morgan fingerprint density at radius 2 is 0.957 bits per heavy atom. The highest BCUT2D eigenvalue weighted by Gasteiger charge is 1.94. The topological polar surface area (TPSA) is 26.0 Å². The molecule has 0 saturated carbocycles. The number of hydrogen-bond acceptors (Lipinski definition) is 1. The highest BCUT2D eigenvalue weighted by molar-refractivity contribution is 4.96. The van der Waals surface area contributed by atoms with Crippen LogP contribution in [0.15, 0.2) is 11.6 Å². The molecule has 0 aromatic carbocycles. The van der Waals surface area contributed by atoms with E-state index in [2.05, 4.69) is 19.9 Å². The summed E-state index contributed by atoms with van der Waals surface area (Å²) in [5, 5.41) is 0. The van der Waals surface area contributed by atoms with E-state index in [0.29, 0.717) is 0 Å². The van der Waals surface area contributed by atoms with Crippen molar-refractivity contribution in [1.29, 1.82) is 0 Å². The van der Waals surface area contributed by atoms with Gasteiger partial charge in [-0.05, 0) is 39.2 Å². The number of nitrogens with two attached hydrogens (primary N) is 1. The van der Waals surface area contributed by atoms with Crippen LogP contribution in [0.25, 0.3) is 0 Å². The van der Waals surface area contributed by atoms with Crippen LogP contribution in [-0.2, 0) is 0 Å². The van der Waals surface area contributed by atoms with Gasteiger partial charge in [0.2, 0.25) is 0 Å². The Hall–Kier alpha value is -0.300. The molecular weight excluding hydrogens is 278 g/mol. The smallest absolute Gasteiger partial charge is 0.00773 e. The summed E-state index contributed by atoms with van der Waals surface area (Å²) in [5.74, 6) is 0. The maximum atomic E-state index is 5.50. The van der Waals surface area contributed by atoms with Gasteiger partial charge in [-0.2, -0.15) is 0 Å². The van der Waals surface area contributed by atoms with Crippen LogP contribution in [0.5, 0.6) is 0 Å². The zero-order chi connectivity index (χ0) is 17.0. The molecule has 23 heavy (non-hydrogen) atoms. The van der Waals surface area contributed by atoms with Crippen molar-refractivity contribution in [2.24, 2.45) is 5.73 Å². The van der Waals surface area contributed by atoms with Gasteiger partial charge in [-0.15, -0.1) is 0 Å². The Bertz CT molecular complexity index is 244. The number of allylic oxidation sites excluding steroid dienone is 2. The van der Waals surface area contributed by atoms with Gasteiger partial charge < -0.3 is 5.73 Å². The molecule has 0 aliphatic carbocycles. The van der Waals surface area contributed by atoms with Crippen molar-refractivity contribution >= 4 is 0 Å². The van der Waals surface area contributed by atoms with Crippen molar-refractivity contribution in [2.75, 3.05) is 6.54 Å². The van der Waals surface area contributed by atoms with Gasteiger partial charge in [0.1, 0.15) is 0 Å². The van der Waals surface area contributed by atoms with E-state index < -0.39 is 0 Å². The number of unbranched alkanes of at least 4 members (excludes halogenated alkanes) is 15. The summed E-state index contributed by atoms with van der Waals surface area (Å²) in [6.45, 7) is 5.37. The van der Waals surface area contributed by atoms with Crippen LogP contribution in [-0.4, -0.2) is 6.54 Å². The molecule has 138 valence electrons. The second-order valence-electron chi connectivity index (χ2n) is 7.28. The third kappa shape index (κ3) is 19.7. The Morgan fingerprint density at radius 1 is 0.609 bits per heavy atom. The number of hydrogen-bond donors (Lipinski definition) is 1. The van der Waals surface area contributed by atoms with E-state index in [4.69, 9.17) is 5.73 Å². The largest absolute Gasteiger partial charge is 0.330 e. The van der Waals surface area contributed by atoms with Crippen LogP contribution in [0.1, 0.15) is 123 Å². The van der Waals surface area contributed by atoms with Crippen molar-refractivity contribution in [3.63, 3.8) is 0 Å². The van der Waals surface area contributed by atoms with Crippen LogP contribution < -0.4 is 5.73 Å². The Balaban J connectivity index is 3.03. The molecule has 0 spiro atoms. The van der Waals surface area contributed by atoms with Crippen LogP contribution in [0.3, 0.4) is 0 Å². The van der Waals surface area contributed by atoms with Gasteiger partial charge >= 0.3 is 0 Å². The average Bonchev–Trinajstić information content (AvgIpc) is 2.57. The van der Waals surface area contributed by atoms with Crippen LogP contribution in [0.4, 0.5) is 0 Å². The zero-order valence-electron chi connectivity index (χ0n) is 16.4. The lowest BCUT2D eigenvalue weighted by Crippen LogP contribution is -1.97. The third-order valence-electron chi connectivity index (χ3n) is 4.96. The second kappa shape index (κ2) is 19.7. The summed E-state index contributed by atoms with van der Waals surface area (Å²) in [5.41, 5.74) is 7.06. The van der Waals surface area contributed by atoms with Gasteiger partial charge in [-0.25, -0.2) is 0 Å². The molecule has 1 heteroatoms. The standard InChI is InChI=1S/C22H45N/c1-3-22(2)20-18-16-14-12-10-8-6-4-5-7-9-11-13-15-17-19-21-23/h20H,3-19,21,23H2,1-2H3/b22-20-. The van der Waals surface area contributed by atoms with E-state index in [1.807, 2.05) is 0 Å². The lowest BCUT2D eigenvalue weighted by Gasteiger charge is -2.03. The minimum Gasteiger partial charge on any atom is -0.330 e. The van der Waals surface area contributed by atoms with Crippen molar-refractivity contribution in [2.45, 2.75) is 123 Å². The molecule has 0 heterocycles. The minimum absolute atomic E-state index is 0.871. The average molecular weight is 324 g/mol. The van der Waals surface area contributed by atoms with Gasteiger partial charge in [0.15, 0.2) is 0 Å². The maximum Gasteiger partial charge on any atom is -0.00773 e. The molecule has 0 amide bonds. The van der Waals surface area contributed by atoms with Gasteiger partial charge in [0.25, 0.3) is 0 Å². The quantitative estimate of drug-likeness (QED) is 0.204. The highest BCUT2D eigenvalue weighted by Crippen LogP contribution is 2.14. The van der Waals surface area contributed by atoms with E-state index in [-0.39, 0.29) is 0 Å². The predicted octanol–water partition coefficient (Wildman–Crippen LogP) is 7.54. The summed E-state index contributed by atoms with van der Waals surface area (Å²) < 4.78 is 0. The van der Waals surface area contributed by atoms with E-state index in [1.54, 1.807) is 5.57 Å². The molecular formula is C22H45N. The molecule has 0 aromatic heterocycles. The molecule has 0 saturated heterocycles. The van der Waals surface area contributed by atoms with E-state index >= 15 is 0 Å². The molecule has 0 radical (unpaired) electrons. The van der Waals surface area contributed by atoms with Gasteiger partial charge in [0.05, 0.1) is 0 Å². The molecule has 2 N–H and O–H groups in total. The first-order chi connectivity index (χ1) is 11.3. The van der Waals surface area contributed by atoms with Gasteiger partial charge in [-0.3, -0.25) is 0 Å². The fourth-order valence-electron chi connectivity index (χ4n) is 3.08. The van der Waals surface area contributed by atoms with E-state index in [9.17, 15) is 0 Å². The molecule has 0 bridgehead atoms. The summed E-state index contributed by atoms with van der Waals surface area (Å²) in [6.07, 6.45) is 26.2. The third-order valence-corrected chi connectivity index (χ3v) is 4.96. The molecule has 0 fully saturated rings. The second-order valence-corrected chi connectivity index (χ2v) is 7.28. The Kier molecular flexibility index (Phi) is 19.5. The van der Waals surface area contributed by atoms with Gasteiger partial charge in [0, 0.05) is 0 Å². The lowest BCUT2D eigenvalue weighted by atomic mass is 10.0. The monoisotopic (exact) mass is 323 g/mol. The summed E-state index contributed by atoms with van der Waals surface area (Å²) in [4.78, 5) is 0. The van der Waals surface area contributed by atoms with Crippen LogP contribution in [0, 0.1) is 0 Å². The molecule has 1 nitrogen and oxygen atoms in total. The minimum atomic E-state index is 0.871. The fraction of sp³-hybridized carbons (Fsp3) is 0.909. The Labute approximate surface area is 147 Å². The SMILES string of the molecule is CC/C(C)=C\CCCCCCCCCCCCCCCCCN. The van der Waals surface area contributed by atoms with Crippen molar-refractivity contribution in [3.8, 4) is 0 Å². The summed E-state index contributed by atoms with van der Waals surface area (Å²) >= 11 is 0. The molecule has 0 rings (SSSR count). The first-order valence-electron chi connectivity index (χ1n) is 10.7. The molecule has 0 atom stereocenters. The fourth-order valence-corrected chi connectivity index (χ4v) is 3.08. The lowest BCUT2D eigenvalue weighted by molar-refractivity contribution is 0.531. The van der Waals surface area contributed by atoms with Crippen LogP contribution >= 0.6 is 0 Å². The molecule has 0 unspecified atom stereocenters. The summed E-state index contributed by atoms with van der Waals surface area (Å²) in [7, 11) is 0. The molecule has 0 aromatic rings. The van der Waals surface area contributed by atoms with Crippen molar-refractivity contribution in [1.82, 2.24) is 0 Å². The summed E-state index contributed by atoms with van der Waals surface area (Å²) in [6, 6.07) is 0. The first kappa shape index (κ1) is 22.7. The van der Waals surface area contributed by atoms with Crippen molar-refractivity contribution < 1.29 is 0 Å². The predicted molar refractivity (Wildman–Crippen MR) is 107 cm³/mol. The van der Waals surface area contributed by atoms with Gasteiger partial charge in [-0.1, -0.05) is 102 Å². The van der Waals surface area contributed by atoms with Crippen molar-refractivity contribution in [3.05, 3.63) is 11.6 Å². The maximum absolute atomic E-state index is 5.50. The van der Waals surface area contributed by atoms with E-state index in [0.717, 1.165) is 6.54 Å². The zero-order valence-corrected chi connectivity index (χ0v) is 16.4. The normalized spacial score (nSPS) is 12.0. The van der Waals surface area contributed by atoms with E-state index in [1.165, 1.54) is 109 Å². The van der Waals surface area contributed by atoms with Crippen LogP contribution in [0.2, 0.25) is 0 Å². The first-order valence-corrected chi connectivity index (χ1v) is 10.7. The highest BCUT2D eigenvalue weighted by atomic mass is 14.5. The Morgan fingerprint density at radius 3 is 1.30 bits per heavy atom. The molecule has 0 aliphatic rings. The number of rotatable bonds is 18.